The van der Waals surface area contributed by atoms with Crippen molar-refractivity contribution in [1.29, 1.82) is 0 Å². The van der Waals surface area contributed by atoms with E-state index in [1.807, 2.05) is 11.4 Å². The highest BCUT2D eigenvalue weighted by molar-refractivity contribution is 7.10. The molecule has 3 heterocycles. The highest BCUT2D eigenvalue weighted by Gasteiger charge is 2.56. The van der Waals surface area contributed by atoms with Crippen LogP contribution in [-0.2, 0) is 13.1 Å². The molecule has 0 unspecified atom stereocenters. The molecule has 2 aromatic rings. The third-order valence-corrected chi connectivity index (χ3v) is 7.10. The molecule has 1 amide bonds. The lowest BCUT2D eigenvalue weighted by molar-refractivity contribution is 0.100. The molecule has 1 spiro atoms. The summed E-state index contributed by atoms with van der Waals surface area (Å²) in [5.74, 6) is -0.330. The minimum Gasteiger partial charge on any atom is -0.366 e. The maximum Gasteiger partial charge on any atom is 0.249 e. The predicted molar refractivity (Wildman–Crippen MR) is 99.3 cm³/mol. The normalized spacial score (nSPS) is 22.1. The molecule has 6 heteroatoms. The van der Waals surface area contributed by atoms with Gasteiger partial charge < -0.3 is 11.1 Å². The van der Waals surface area contributed by atoms with Crippen molar-refractivity contribution in [2.24, 2.45) is 11.1 Å². The van der Waals surface area contributed by atoms with Gasteiger partial charge in [-0.1, -0.05) is 0 Å². The van der Waals surface area contributed by atoms with E-state index >= 15 is 0 Å². The van der Waals surface area contributed by atoms with E-state index in [0.29, 0.717) is 17.0 Å². The first-order chi connectivity index (χ1) is 11.7. The Balaban J connectivity index is 1.51. The summed E-state index contributed by atoms with van der Waals surface area (Å²) < 4.78 is 0. The molecule has 4 nitrogen and oxygen atoms in total. The van der Waals surface area contributed by atoms with Crippen molar-refractivity contribution in [1.82, 2.24) is 10.2 Å². The Hall–Kier alpha value is -1.21. The predicted octanol–water partition coefficient (Wildman–Crippen LogP) is 3.05. The average molecular weight is 362 g/mol. The summed E-state index contributed by atoms with van der Waals surface area (Å²) in [7, 11) is 0. The van der Waals surface area contributed by atoms with Crippen LogP contribution in [0.15, 0.2) is 28.3 Å². The molecule has 1 atom stereocenters. The van der Waals surface area contributed by atoms with Gasteiger partial charge in [0.05, 0.1) is 5.56 Å². The second kappa shape index (κ2) is 6.59. The summed E-state index contributed by atoms with van der Waals surface area (Å²) in [4.78, 5) is 15.2. The van der Waals surface area contributed by atoms with Gasteiger partial charge >= 0.3 is 0 Å². The Morgan fingerprint density at radius 1 is 1.33 bits per heavy atom. The van der Waals surface area contributed by atoms with Crippen molar-refractivity contribution in [3.63, 3.8) is 0 Å². The fourth-order valence-corrected chi connectivity index (χ4v) is 5.55. The van der Waals surface area contributed by atoms with Crippen LogP contribution in [-0.4, -0.2) is 29.9 Å². The van der Waals surface area contributed by atoms with Gasteiger partial charge in [-0.15, -0.1) is 11.3 Å². The van der Waals surface area contributed by atoms with Crippen molar-refractivity contribution < 1.29 is 4.79 Å². The van der Waals surface area contributed by atoms with Crippen molar-refractivity contribution >= 4 is 28.6 Å². The van der Waals surface area contributed by atoms with Crippen LogP contribution in [0.5, 0.6) is 0 Å². The smallest absolute Gasteiger partial charge is 0.249 e. The van der Waals surface area contributed by atoms with Crippen LogP contribution < -0.4 is 11.1 Å². The minimum atomic E-state index is -0.330. The van der Waals surface area contributed by atoms with Crippen molar-refractivity contribution in [3.05, 3.63) is 44.3 Å². The molecular formula is C18H23N3OS2. The van der Waals surface area contributed by atoms with Gasteiger partial charge in [0.25, 0.3) is 0 Å². The van der Waals surface area contributed by atoms with Crippen LogP contribution in [0.25, 0.3) is 0 Å². The number of nitrogens with zero attached hydrogens (tertiary/aromatic N) is 1. The maximum atomic E-state index is 11.4. The standard InChI is InChI=1S/C18H23N3OS2/c19-17(22)14-7-15(24-12-14)10-21(9-13-1-6-23-11-13)16-8-18(16)2-4-20-5-3-18/h1,6-7,11-12,16,20H,2-5,8-10H2,(H2,19,22)/t16-/m1/s1. The number of nitrogens with one attached hydrogen (secondary N) is 1. The number of primary amides is 1. The van der Waals surface area contributed by atoms with Gasteiger partial charge in [0, 0.05) is 29.4 Å². The number of piperidine rings is 1. The van der Waals surface area contributed by atoms with Gasteiger partial charge in [-0.2, -0.15) is 11.3 Å². The van der Waals surface area contributed by atoms with Crippen LogP contribution in [0, 0.1) is 5.41 Å². The molecule has 1 aliphatic carbocycles. The molecule has 1 saturated heterocycles. The summed E-state index contributed by atoms with van der Waals surface area (Å²) in [6, 6.07) is 4.85. The molecule has 128 valence electrons. The Morgan fingerprint density at radius 3 is 2.83 bits per heavy atom. The second-order valence-corrected chi connectivity index (χ2v) is 8.81. The molecule has 0 aromatic carbocycles. The number of carbonyl (C=O) groups excluding carboxylic acids is 1. The molecule has 3 N–H and O–H groups in total. The van der Waals surface area contributed by atoms with E-state index in [9.17, 15) is 4.79 Å². The third kappa shape index (κ3) is 3.28. The topological polar surface area (TPSA) is 58.4 Å². The molecule has 2 aromatic heterocycles. The van der Waals surface area contributed by atoms with Gasteiger partial charge in [0.2, 0.25) is 5.91 Å². The molecule has 1 saturated carbocycles. The molecule has 0 radical (unpaired) electrons. The highest BCUT2D eigenvalue weighted by Crippen LogP contribution is 2.56. The summed E-state index contributed by atoms with van der Waals surface area (Å²) in [6.07, 6.45) is 3.89. The molecule has 2 aliphatic rings. The van der Waals surface area contributed by atoms with Gasteiger partial charge in [0.1, 0.15) is 0 Å². The van der Waals surface area contributed by atoms with E-state index in [0.717, 1.165) is 26.2 Å². The Labute approximate surface area is 150 Å². The number of thiophene rings is 2. The molecule has 24 heavy (non-hydrogen) atoms. The van der Waals surface area contributed by atoms with E-state index in [1.54, 1.807) is 22.7 Å². The second-order valence-electron chi connectivity index (χ2n) is 7.03. The Kier molecular flexibility index (Phi) is 4.47. The molecule has 1 aliphatic heterocycles. The lowest BCUT2D eigenvalue weighted by atomic mass is 9.93. The lowest BCUT2D eigenvalue weighted by Gasteiger charge is -2.29. The Morgan fingerprint density at radius 2 is 2.17 bits per heavy atom. The van der Waals surface area contributed by atoms with Gasteiger partial charge in [-0.25, -0.2) is 0 Å². The van der Waals surface area contributed by atoms with Crippen LogP contribution >= 0.6 is 22.7 Å². The first kappa shape index (κ1) is 16.3. The van der Waals surface area contributed by atoms with E-state index in [-0.39, 0.29) is 5.91 Å². The fraction of sp³-hybridized carbons (Fsp3) is 0.500. The molecule has 4 rings (SSSR count). The molecule has 0 bridgehead atoms. The number of amides is 1. The van der Waals surface area contributed by atoms with E-state index in [1.165, 1.54) is 29.7 Å². The van der Waals surface area contributed by atoms with Crippen molar-refractivity contribution in [2.75, 3.05) is 13.1 Å². The van der Waals surface area contributed by atoms with Crippen LogP contribution in [0.2, 0.25) is 0 Å². The molecular weight excluding hydrogens is 338 g/mol. The largest absolute Gasteiger partial charge is 0.366 e. The van der Waals surface area contributed by atoms with Crippen LogP contribution in [0.1, 0.15) is 40.1 Å². The van der Waals surface area contributed by atoms with E-state index in [4.69, 9.17) is 5.73 Å². The van der Waals surface area contributed by atoms with Crippen molar-refractivity contribution in [2.45, 2.75) is 38.4 Å². The minimum absolute atomic E-state index is 0.330. The zero-order valence-electron chi connectivity index (χ0n) is 13.7. The summed E-state index contributed by atoms with van der Waals surface area (Å²) in [5, 5.41) is 9.76. The maximum absolute atomic E-state index is 11.4. The fourth-order valence-electron chi connectivity index (χ4n) is 3.99. The number of nitrogens with two attached hydrogens (primary N) is 1. The average Bonchev–Trinajstić information content (AvgIpc) is 3.00. The van der Waals surface area contributed by atoms with Gasteiger partial charge in [-0.05, 0) is 66.2 Å². The number of rotatable bonds is 6. The third-order valence-electron chi connectivity index (χ3n) is 5.45. The zero-order chi connectivity index (χ0) is 16.6. The van der Waals surface area contributed by atoms with E-state index in [2.05, 4.69) is 27.0 Å². The summed E-state index contributed by atoms with van der Waals surface area (Å²) in [6.45, 7) is 4.20. The quantitative estimate of drug-likeness (QED) is 0.831. The van der Waals surface area contributed by atoms with Crippen molar-refractivity contribution in [3.8, 4) is 0 Å². The monoisotopic (exact) mass is 361 g/mol. The first-order valence-electron chi connectivity index (χ1n) is 8.49. The molecule has 2 fully saturated rings. The number of hydrogen-bond acceptors (Lipinski definition) is 5. The zero-order valence-corrected chi connectivity index (χ0v) is 15.3. The van der Waals surface area contributed by atoms with Crippen LogP contribution in [0.4, 0.5) is 0 Å². The number of hydrogen-bond donors (Lipinski definition) is 2. The summed E-state index contributed by atoms with van der Waals surface area (Å²) in [5.41, 5.74) is 7.95. The van der Waals surface area contributed by atoms with Gasteiger partial charge in [0.15, 0.2) is 0 Å². The number of carbonyl (C=O) groups is 1. The Bertz CT molecular complexity index is 704. The first-order valence-corrected chi connectivity index (χ1v) is 10.3. The van der Waals surface area contributed by atoms with Crippen LogP contribution in [0.3, 0.4) is 0 Å². The summed E-state index contributed by atoms with van der Waals surface area (Å²) >= 11 is 3.41. The van der Waals surface area contributed by atoms with Gasteiger partial charge in [-0.3, -0.25) is 9.69 Å². The lowest BCUT2D eigenvalue weighted by Crippen LogP contribution is -2.35. The highest BCUT2D eigenvalue weighted by atomic mass is 32.1. The SMILES string of the molecule is NC(=O)c1csc(CN(Cc2ccsc2)[C@@H]2CC23CCNCC3)c1. The van der Waals surface area contributed by atoms with E-state index < -0.39 is 0 Å².